The highest BCUT2D eigenvalue weighted by Gasteiger charge is 2.33. The number of rotatable bonds is 5. The molecule has 0 amide bonds. The summed E-state index contributed by atoms with van der Waals surface area (Å²) in [6.45, 7) is 7.05. The van der Waals surface area contributed by atoms with E-state index in [2.05, 4.69) is 25.2 Å². The zero-order valence-corrected chi connectivity index (χ0v) is 13.7. The summed E-state index contributed by atoms with van der Waals surface area (Å²) in [7, 11) is 0. The zero-order chi connectivity index (χ0) is 14.6. The average molecular weight is 316 g/mol. The predicted molar refractivity (Wildman–Crippen MR) is 85.8 cm³/mol. The SMILES string of the molecule is CC(C)NCC1(Cc2ccc(Cl)cc2Cl)CCOCC1. The second-order valence-corrected chi connectivity index (χ2v) is 6.90. The summed E-state index contributed by atoms with van der Waals surface area (Å²) in [4.78, 5) is 0. The van der Waals surface area contributed by atoms with E-state index in [1.165, 1.54) is 5.56 Å². The van der Waals surface area contributed by atoms with Crippen LogP contribution in [0.4, 0.5) is 0 Å². The number of hydrogen-bond acceptors (Lipinski definition) is 2. The van der Waals surface area contributed by atoms with Crippen molar-refractivity contribution in [3.8, 4) is 0 Å². The van der Waals surface area contributed by atoms with Gasteiger partial charge in [-0.3, -0.25) is 0 Å². The molecule has 0 radical (unpaired) electrons. The van der Waals surface area contributed by atoms with Gasteiger partial charge in [0.25, 0.3) is 0 Å². The van der Waals surface area contributed by atoms with Crippen molar-refractivity contribution in [3.05, 3.63) is 33.8 Å². The molecule has 1 aliphatic rings. The van der Waals surface area contributed by atoms with Gasteiger partial charge in [0.2, 0.25) is 0 Å². The van der Waals surface area contributed by atoms with E-state index in [1.807, 2.05) is 12.1 Å². The number of benzene rings is 1. The first-order valence-electron chi connectivity index (χ1n) is 7.26. The molecule has 20 heavy (non-hydrogen) atoms. The average Bonchev–Trinajstić information content (AvgIpc) is 2.41. The molecule has 1 aromatic rings. The third-order valence-corrected chi connectivity index (χ3v) is 4.61. The third-order valence-electron chi connectivity index (χ3n) is 4.02. The molecule has 0 bridgehead atoms. The largest absolute Gasteiger partial charge is 0.381 e. The summed E-state index contributed by atoms with van der Waals surface area (Å²) in [5.41, 5.74) is 1.42. The van der Waals surface area contributed by atoms with E-state index < -0.39 is 0 Å². The Balaban J connectivity index is 2.14. The number of nitrogens with one attached hydrogen (secondary N) is 1. The Bertz CT molecular complexity index is 442. The maximum absolute atomic E-state index is 6.34. The number of ether oxygens (including phenoxy) is 1. The molecule has 1 aliphatic heterocycles. The first-order chi connectivity index (χ1) is 9.51. The van der Waals surface area contributed by atoms with Gasteiger partial charge < -0.3 is 10.1 Å². The Morgan fingerprint density at radius 1 is 1.25 bits per heavy atom. The summed E-state index contributed by atoms with van der Waals surface area (Å²) >= 11 is 12.3. The van der Waals surface area contributed by atoms with Crippen LogP contribution in [0, 0.1) is 5.41 Å². The van der Waals surface area contributed by atoms with Crippen molar-refractivity contribution < 1.29 is 4.74 Å². The minimum Gasteiger partial charge on any atom is -0.381 e. The van der Waals surface area contributed by atoms with Crippen molar-refractivity contribution in [3.63, 3.8) is 0 Å². The van der Waals surface area contributed by atoms with Gasteiger partial charge in [-0.25, -0.2) is 0 Å². The molecule has 0 spiro atoms. The summed E-state index contributed by atoms with van der Waals surface area (Å²) in [6, 6.07) is 6.31. The molecule has 0 unspecified atom stereocenters. The first kappa shape index (κ1) is 16.1. The van der Waals surface area contributed by atoms with E-state index in [-0.39, 0.29) is 5.41 Å². The molecule has 1 fully saturated rings. The van der Waals surface area contributed by atoms with Crippen LogP contribution in [0.5, 0.6) is 0 Å². The highest BCUT2D eigenvalue weighted by atomic mass is 35.5. The van der Waals surface area contributed by atoms with Crippen molar-refractivity contribution in [2.45, 2.75) is 39.2 Å². The molecule has 1 N–H and O–H groups in total. The molecule has 2 rings (SSSR count). The van der Waals surface area contributed by atoms with Gasteiger partial charge in [-0.15, -0.1) is 0 Å². The minimum absolute atomic E-state index is 0.236. The molecule has 0 atom stereocenters. The van der Waals surface area contributed by atoms with E-state index >= 15 is 0 Å². The van der Waals surface area contributed by atoms with E-state index in [0.717, 1.165) is 44.0 Å². The minimum atomic E-state index is 0.236. The van der Waals surface area contributed by atoms with Crippen LogP contribution in [0.3, 0.4) is 0 Å². The maximum atomic E-state index is 6.34. The second kappa shape index (κ2) is 7.13. The quantitative estimate of drug-likeness (QED) is 0.873. The lowest BCUT2D eigenvalue weighted by molar-refractivity contribution is 0.0141. The lowest BCUT2D eigenvalue weighted by Gasteiger charge is -2.38. The standard InChI is InChI=1S/C16H23Cl2NO/c1-12(2)19-11-16(5-7-20-8-6-16)10-13-3-4-14(17)9-15(13)18/h3-4,9,12,19H,5-8,10-11H2,1-2H3. The highest BCUT2D eigenvalue weighted by molar-refractivity contribution is 6.35. The van der Waals surface area contributed by atoms with Crippen LogP contribution in [0.1, 0.15) is 32.3 Å². The Morgan fingerprint density at radius 2 is 1.95 bits per heavy atom. The molecule has 1 heterocycles. The molecule has 112 valence electrons. The van der Waals surface area contributed by atoms with Crippen molar-refractivity contribution in [1.29, 1.82) is 0 Å². The van der Waals surface area contributed by atoms with Gasteiger partial charge in [0, 0.05) is 35.8 Å². The van der Waals surface area contributed by atoms with E-state index in [9.17, 15) is 0 Å². The monoisotopic (exact) mass is 315 g/mol. The molecule has 1 aromatic carbocycles. The fourth-order valence-electron chi connectivity index (χ4n) is 2.71. The molecule has 2 nitrogen and oxygen atoms in total. The topological polar surface area (TPSA) is 21.3 Å². The first-order valence-corrected chi connectivity index (χ1v) is 8.01. The third kappa shape index (κ3) is 4.36. The van der Waals surface area contributed by atoms with Crippen LogP contribution in [0.2, 0.25) is 10.0 Å². The van der Waals surface area contributed by atoms with Gasteiger partial charge in [0.05, 0.1) is 0 Å². The fourth-order valence-corrected chi connectivity index (χ4v) is 3.19. The Labute approximate surface area is 131 Å². The Kier molecular flexibility index (Phi) is 5.74. The van der Waals surface area contributed by atoms with Crippen molar-refractivity contribution in [2.24, 2.45) is 5.41 Å². The van der Waals surface area contributed by atoms with Gasteiger partial charge in [0.15, 0.2) is 0 Å². The summed E-state index contributed by atoms with van der Waals surface area (Å²) < 4.78 is 5.54. The molecular weight excluding hydrogens is 293 g/mol. The summed E-state index contributed by atoms with van der Waals surface area (Å²) in [5, 5.41) is 5.05. The van der Waals surface area contributed by atoms with Crippen molar-refractivity contribution >= 4 is 23.2 Å². The van der Waals surface area contributed by atoms with Gasteiger partial charge in [-0.2, -0.15) is 0 Å². The van der Waals surface area contributed by atoms with Crippen LogP contribution in [-0.2, 0) is 11.2 Å². The maximum Gasteiger partial charge on any atom is 0.0471 e. The molecule has 0 saturated carbocycles. The smallest absolute Gasteiger partial charge is 0.0471 e. The van der Waals surface area contributed by atoms with Crippen LogP contribution < -0.4 is 5.32 Å². The highest BCUT2D eigenvalue weighted by Crippen LogP contribution is 2.36. The predicted octanol–water partition coefficient (Wildman–Crippen LogP) is 4.33. The lowest BCUT2D eigenvalue weighted by Crippen LogP contribution is -2.42. The Hall–Kier alpha value is -0.280. The van der Waals surface area contributed by atoms with Gasteiger partial charge >= 0.3 is 0 Å². The molecular formula is C16H23Cl2NO. The van der Waals surface area contributed by atoms with Gasteiger partial charge in [-0.1, -0.05) is 43.1 Å². The van der Waals surface area contributed by atoms with E-state index in [4.69, 9.17) is 27.9 Å². The second-order valence-electron chi connectivity index (χ2n) is 6.06. The molecule has 4 heteroatoms. The Morgan fingerprint density at radius 3 is 2.55 bits per heavy atom. The fraction of sp³-hybridized carbons (Fsp3) is 0.625. The van der Waals surface area contributed by atoms with E-state index in [0.29, 0.717) is 11.1 Å². The lowest BCUT2D eigenvalue weighted by atomic mass is 9.75. The number of hydrogen-bond donors (Lipinski definition) is 1. The van der Waals surface area contributed by atoms with Crippen LogP contribution in [0.25, 0.3) is 0 Å². The van der Waals surface area contributed by atoms with Gasteiger partial charge in [-0.05, 0) is 42.4 Å². The zero-order valence-electron chi connectivity index (χ0n) is 12.2. The van der Waals surface area contributed by atoms with Crippen LogP contribution in [-0.4, -0.2) is 25.8 Å². The molecule has 0 aromatic heterocycles. The van der Waals surface area contributed by atoms with E-state index in [1.54, 1.807) is 0 Å². The van der Waals surface area contributed by atoms with Crippen molar-refractivity contribution in [1.82, 2.24) is 5.32 Å². The summed E-state index contributed by atoms with van der Waals surface area (Å²) in [6.07, 6.45) is 3.13. The van der Waals surface area contributed by atoms with Gasteiger partial charge in [0.1, 0.15) is 0 Å². The molecule has 1 saturated heterocycles. The van der Waals surface area contributed by atoms with Crippen LogP contribution in [0.15, 0.2) is 18.2 Å². The number of halogens is 2. The summed E-state index contributed by atoms with van der Waals surface area (Å²) in [5.74, 6) is 0. The normalized spacial score (nSPS) is 18.4. The van der Waals surface area contributed by atoms with Crippen LogP contribution >= 0.6 is 23.2 Å². The molecule has 0 aliphatic carbocycles. The van der Waals surface area contributed by atoms with Crippen molar-refractivity contribution in [2.75, 3.05) is 19.8 Å².